The van der Waals surface area contributed by atoms with E-state index < -0.39 is 17.9 Å². The molecule has 1 aliphatic rings. The molecule has 0 saturated heterocycles. The Morgan fingerprint density at radius 3 is 2.19 bits per heavy atom. The predicted molar refractivity (Wildman–Crippen MR) is 215 cm³/mol. The minimum atomic E-state index is -0.433. The number of fused-ring (bicyclic) bond motifs is 1. The number of carbonyl (C=O) groups is 4. The number of hydrazone groups is 1. The van der Waals surface area contributed by atoms with Gasteiger partial charge in [0.2, 0.25) is 5.13 Å². The van der Waals surface area contributed by atoms with Crippen molar-refractivity contribution in [1.82, 2.24) is 9.97 Å². The summed E-state index contributed by atoms with van der Waals surface area (Å²) in [6.07, 6.45) is 9.67. The Bertz CT molecular complexity index is 2130. The van der Waals surface area contributed by atoms with E-state index in [2.05, 4.69) is 11.6 Å². The number of pyridine rings is 1. The van der Waals surface area contributed by atoms with Gasteiger partial charge in [0.15, 0.2) is 5.82 Å². The van der Waals surface area contributed by atoms with Crippen LogP contribution in [0.1, 0.15) is 56.9 Å². The molecule has 3 aromatic carbocycles. The quantitative estimate of drug-likeness (QED) is 0.0150. The first-order chi connectivity index (χ1) is 27.9. The third kappa shape index (κ3) is 11.6. The van der Waals surface area contributed by atoms with Gasteiger partial charge in [0, 0.05) is 17.8 Å². The van der Waals surface area contributed by atoms with Crippen molar-refractivity contribution in [2.24, 2.45) is 16.9 Å². The number of anilines is 2. The molecule has 0 radical (unpaired) electrons. The van der Waals surface area contributed by atoms with Crippen LogP contribution in [0.15, 0.2) is 109 Å². The zero-order chi connectivity index (χ0) is 39.8. The lowest BCUT2D eigenvalue weighted by Crippen LogP contribution is -2.30. The van der Waals surface area contributed by atoms with Gasteiger partial charge < -0.3 is 23.7 Å². The fourth-order valence-electron chi connectivity index (χ4n) is 6.14. The van der Waals surface area contributed by atoms with Crippen LogP contribution in [-0.2, 0) is 23.9 Å². The number of benzene rings is 3. The molecule has 5 aromatic rings. The molecule has 1 aliphatic carbocycles. The summed E-state index contributed by atoms with van der Waals surface area (Å²) < 4.78 is 28.4. The van der Waals surface area contributed by atoms with Crippen LogP contribution in [0, 0.1) is 11.8 Å². The number of hydrogen-bond donors (Lipinski definition) is 0. The number of para-hydroxylation sites is 1. The Hall–Kier alpha value is -6.41. The lowest BCUT2D eigenvalue weighted by atomic mass is 9.82. The number of aromatic nitrogens is 2. The van der Waals surface area contributed by atoms with Gasteiger partial charge in [-0.3, -0.25) is 14.4 Å². The van der Waals surface area contributed by atoms with Crippen molar-refractivity contribution in [2.75, 3.05) is 18.2 Å². The van der Waals surface area contributed by atoms with Gasteiger partial charge in [0.25, 0.3) is 6.47 Å². The summed E-state index contributed by atoms with van der Waals surface area (Å²) in [6.45, 7) is 4.62. The zero-order valence-corrected chi connectivity index (χ0v) is 32.0. The normalized spacial score (nSPS) is 15.1. The van der Waals surface area contributed by atoms with Crippen molar-refractivity contribution in [2.45, 2.75) is 51.4 Å². The molecule has 6 rings (SSSR count). The molecule has 0 amide bonds. The average molecular weight is 791 g/mol. The highest BCUT2D eigenvalue weighted by Crippen LogP contribution is 2.35. The van der Waals surface area contributed by atoms with E-state index >= 15 is 0 Å². The van der Waals surface area contributed by atoms with Gasteiger partial charge in [-0.1, -0.05) is 36.1 Å². The van der Waals surface area contributed by atoms with Crippen molar-refractivity contribution in [1.29, 1.82) is 0 Å². The number of carbonyl (C=O) groups excluding carboxylic acids is 4. The molecule has 1 saturated carbocycles. The third-order valence-corrected chi connectivity index (χ3v) is 10.2. The van der Waals surface area contributed by atoms with Crippen molar-refractivity contribution in [3.63, 3.8) is 0 Å². The number of hydrogen-bond acceptors (Lipinski definition) is 14. The van der Waals surface area contributed by atoms with Crippen LogP contribution in [0.25, 0.3) is 10.2 Å². The maximum atomic E-state index is 13.5. The lowest BCUT2D eigenvalue weighted by molar-refractivity contribution is -0.145. The number of thiazole rings is 1. The maximum Gasteiger partial charge on any atom is 0.330 e. The van der Waals surface area contributed by atoms with Gasteiger partial charge >= 0.3 is 17.9 Å². The second-order valence-corrected chi connectivity index (χ2v) is 14.1. The standard InChI is InChI=1S/C43H42N4O9S/c1-2-40(49)53-26-10-4-3-9-25-52-33-18-20-34(21-19-33)55-41(50)30-14-16-31(17-15-30)42(51)56-37-23-22-35(54-29-48)27-32(37)28-45-47(39-13-7-8-24-44-39)43-46-36-11-5-6-12-38(36)57-43/h2,5-8,11-13,18-24,27-31H,1,3-4,9-10,14-17,25-26H2/b45-28+. The molecule has 57 heavy (non-hydrogen) atoms. The maximum absolute atomic E-state index is 13.5. The van der Waals surface area contributed by atoms with Crippen LogP contribution in [0.5, 0.6) is 23.0 Å². The van der Waals surface area contributed by atoms with Crippen molar-refractivity contribution >= 4 is 63.1 Å². The summed E-state index contributed by atoms with van der Waals surface area (Å²) >= 11 is 1.45. The minimum Gasteiger partial charge on any atom is -0.494 e. The first-order valence-corrected chi connectivity index (χ1v) is 19.5. The highest BCUT2D eigenvalue weighted by atomic mass is 32.1. The molecule has 2 aromatic heterocycles. The van der Waals surface area contributed by atoms with E-state index in [-0.39, 0.29) is 23.4 Å². The summed E-state index contributed by atoms with van der Waals surface area (Å²) in [7, 11) is 0. The molecule has 0 spiro atoms. The van der Waals surface area contributed by atoms with E-state index in [0.717, 1.165) is 42.0 Å². The Labute approximate surface area is 333 Å². The Morgan fingerprint density at radius 1 is 0.807 bits per heavy atom. The van der Waals surface area contributed by atoms with E-state index in [1.807, 2.05) is 30.3 Å². The Morgan fingerprint density at radius 2 is 1.49 bits per heavy atom. The topological polar surface area (TPSA) is 156 Å². The monoisotopic (exact) mass is 790 g/mol. The van der Waals surface area contributed by atoms with Crippen LogP contribution in [0.4, 0.5) is 10.9 Å². The van der Waals surface area contributed by atoms with Gasteiger partial charge in [-0.05, 0) is 118 Å². The van der Waals surface area contributed by atoms with E-state index in [4.69, 9.17) is 33.8 Å². The van der Waals surface area contributed by atoms with Gasteiger partial charge in [0.05, 0.1) is 41.5 Å². The second-order valence-electron chi connectivity index (χ2n) is 13.1. The van der Waals surface area contributed by atoms with Crippen LogP contribution in [0.3, 0.4) is 0 Å². The summed E-state index contributed by atoms with van der Waals surface area (Å²) in [4.78, 5) is 57.9. The number of nitrogens with zero attached hydrogens (tertiary/aromatic N) is 4. The molecule has 13 nitrogen and oxygen atoms in total. The first kappa shape index (κ1) is 40.3. The largest absolute Gasteiger partial charge is 0.494 e. The first-order valence-electron chi connectivity index (χ1n) is 18.7. The number of ether oxygens (including phenoxy) is 5. The third-order valence-electron chi connectivity index (χ3n) is 9.17. The van der Waals surface area contributed by atoms with E-state index in [1.54, 1.807) is 59.7 Å². The van der Waals surface area contributed by atoms with Crippen LogP contribution >= 0.6 is 11.3 Å². The molecule has 2 heterocycles. The highest BCUT2D eigenvalue weighted by Gasteiger charge is 2.32. The smallest absolute Gasteiger partial charge is 0.330 e. The number of unbranched alkanes of at least 4 members (excludes halogenated alkanes) is 3. The second kappa shape index (κ2) is 20.5. The number of rotatable bonds is 19. The molecule has 0 bridgehead atoms. The summed E-state index contributed by atoms with van der Waals surface area (Å²) in [5.41, 5.74) is 1.20. The van der Waals surface area contributed by atoms with E-state index in [0.29, 0.717) is 73.4 Å². The minimum absolute atomic E-state index is 0.227. The summed E-state index contributed by atoms with van der Waals surface area (Å²) in [5.74, 6) is 0.122. The number of esters is 3. The predicted octanol–water partition coefficient (Wildman–Crippen LogP) is 8.38. The highest BCUT2D eigenvalue weighted by molar-refractivity contribution is 7.22. The van der Waals surface area contributed by atoms with Crippen LogP contribution in [0.2, 0.25) is 0 Å². The molecule has 14 heteroatoms. The SMILES string of the molecule is C=CC(=O)OCCCCCCOc1ccc(OC(=O)C2CCC(C(=O)Oc3ccc(OC=O)cc3/C=N/N(c3ccccn3)c3nc4ccccc4s3)CC2)cc1. The molecule has 0 unspecified atom stereocenters. The van der Waals surface area contributed by atoms with Crippen LogP contribution < -0.4 is 24.0 Å². The fourth-order valence-corrected chi connectivity index (χ4v) is 7.08. The fraction of sp³-hybridized carbons (Fsp3) is 0.279. The molecule has 0 aliphatic heterocycles. The van der Waals surface area contributed by atoms with Crippen molar-refractivity contribution in [3.05, 3.63) is 109 Å². The Kier molecular flexibility index (Phi) is 14.5. The average Bonchev–Trinajstić information content (AvgIpc) is 3.67. The van der Waals surface area contributed by atoms with E-state index in [9.17, 15) is 19.2 Å². The molecular formula is C43H42N4O9S. The van der Waals surface area contributed by atoms with Gasteiger partial charge in [-0.2, -0.15) is 10.1 Å². The zero-order valence-electron chi connectivity index (χ0n) is 31.2. The summed E-state index contributed by atoms with van der Waals surface area (Å²) in [6, 6.07) is 24.7. The van der Waals surface area contributed by atoms with Gasteiger partial charge in [-0.25, -0.2) is 14.8 Å². The lowest BCUT2D eigenvalue weighted by Gasteiger charge is -2.26. The van der Waals surface area contributed by atoms with Gasteiger partial charge in [0.1, 0.15) is 23.0 Å². The Balaban J connectivity index is 1.01. The molecular weight excluding hydrogens is 749 g/mol. The van der Waals surface area contributed by atoms with Gasteiger partial charge in [-0.15, -0.1) is 0 Å². The molecule has 0 atom stereocenters. The summed E-state index contributed by atoms with van der Waals surface area (Å²) in [5, 5.41) is 6.87. The van der Waals surface area contributed by atoms with E-state index in [1.165, 1.54) is 23.6 Å². The van der Waals surface area contributed by atoms with Crippen molar-refractivity contribution in [3.8, 4) is 23.0 Å². The molecule has 294 valence electrons. The van der Waals surface area contributed by atoms with Crippen molar-refractivity contribution < 1.29 is 42.9 Å². The molecule has 0 N–H and O–H groups in total. The van der Waals surface area contributed by atoms with Crippen LogP contribution in [-0.4, -0.2) is 53.8 Å². The molecule has 1 fully saturated rings.